The van der Waals surface area contributed by atoms with Gasteiger partial charge in [0.25, 0.3) is 5.69 Å². The van der Waals surface area contributed by atoms with Crippen molar-refractivity contribution in [2.45, 2.75) is 43.9 Å². The van der Waals surface area contributed by atoms with E-state index < -0.39 is 27.2 Å². The summed E-state index contributed by atoms with van der Waals surface area (Å²) >= 11 is 7.45. The molecule has 9 nitrogen and oxygen atoms in total. The predicted molar refractivity (Wildman–Crippen MR) is 146 cm³/mol. The summed E-state index contributed by atoms with van der Waals surface area (Å²) in [6, 6.07) is 14.8. The number of nitro groups is 1. The van der Waals surface area contributed by atoms with Crippen LogP contribution in [0.25, 0.3) is 0 Å². The van der Waals surface area contributed by atoms with Crippen LogP contribution in [0, 0.1) is 17.0 Å². The lowest BCUT2D eigenvalue weighted by atomic mass is 10.2. The molecule has 38 heavy (non-hydrogen) atoms. The average molecular weight is 578 g/mol. The van der Waals surface area contributed by atoms with Crippen LogP contribution in [0.4, 0.5) is 5.69 Å². The van der Waals surface area contributed by atoms with Crippen LogP contribution in [0.3, 0.4) is 0 Å². The van der Waals surface area contributed by atoms with Gasteiger partial charge in [0.15, 0.2) is 0 Å². The van der Waals surface area contributed by atoms with E-state index in [4.69, 9.17) is 16.3 Å². The lowest BCUT2D eigenvalue weighted by Gasteiger charge is -2.28. The standard InChI is InChI=1S/C26H28ClN3O6S2/c1-19-11-13-37-25(19)17-28(15-20-6-3-2-4-7-20)26(31)18-29(16-21-8-5-12-36-21)38(34,35)22-9-10-23(27)24(14-22)30(32)33/h2-4,6-7,9-11,13-14,21H,5,8,12,15-18H2,1H3. The zero-order chi connectivity index (χ0) is 27.3. The van der Waals surface area contributed by atoms with E-state index in [-0.39, 0.29) is 28.5 Å². The van der Waals surface area contributed by atoms with Gasteiger partial charge in [-0.05, 0) is 54.5 Å². The highest BCUT2D eigenvalue weighted by atomic mass is 35.5. The molecule has 12 heteroatoms. The van der Waals surface area contributed by atoms with Gasteiger partial charge < -0.3 is 9.64 Å². The maximum atomic E-state index is 13.7. The van der Waals surface area contributed by atoms with Gasteiger partial charge in [-0.15, -0.1) is 11.3 Å². The number of carbonyl (C=O) groups is 1. The number of sulfonamides is 1. The van der Waals surface area contributed by atoms with Crippen molar-refractivity contribution in [3.63, 3.8) is 0 Å². The molecule has 2 aromatic carbocycles. The van der Waals surface area contributed by atoms with Crippen LogP contribution < -0.4 is 0 Å². The van der Waals surface area contributed by atoms with Crippen molar-refractivity contribution in [2.75, 3.05) is 19.7 Å². The van der Waals surface area contributed by atoms with Crippen LogP contribution in [-0.2, 0) is 32.6 Å². The van der Waals surface area contributed by atoms with Crippen LogP contribution in [-0.4, -0.2) is 54.3 Å². The Kier molecular flexibility index (Phi) is 9.16. The number of nitrogens with zero attached hydrogens (tertiary/aromatic N) is 3. The SMILES string of the molecule is Cc1ccsc1CN(Cc1ccccc1)C(=O)CN(CC1CCCO1)S(=O)(=O)c1ccc(Cl)c([N+](=O)[O-])c1. The van der Waals surface area contributed by atoms with Crippen molar-refractivity contribution in [1.82, 2.24) is 9.21 Å². The van der Waals surface area contributed by atoms with Crippen molar-refractivity contribution < 1.29 is 22.9 Å². The van der Waals surface area contributed by atoms with E-state index >= 15 is 0 Å². The molecule has 0 radical (unpaired) electrons. The Morgan fingerprint density at radius 1 is 1.18 bits per heavy atom. The molecule has 1 atom stereocenters. The number of ether oxygens (including phenoxy) is 1. The van der Waals surface area contributed by atoms with Crippen molar-refractivity contribution in [3.8, 4) is 0 Å². The molecule has 1 amide bonds. The summed E-state index contributed by atoms with van der Waals surface area (Å²) in [7, 11) is -4.29. The second kappa shape index (κ2) is 12.4. The molecule has 1 fully saturated rings. The fourth-order valence-corrected chi connectivity index (χ4v) is 6.78. The van der Waals surface area contributed by atoms with Gasteiger partial charge in [0.1, 0.15) is 5.02 Å². The molecule has 2 heterocycles. The summed E-state index contributed by atoms with van der Waals surface area (Å²) < 4.78 is 34.2. The highest BCUT2D eigenvalue weighted by Gasteiger charge is 2.33. The van der Waals surface area contributed by atoms with Crippen molar-refractivity contribution >= 4 is 44.6 Å². The first-order valence-corrected chi connectivity index (χ1v) is 14.8. The number of benzene rings is 2. The van der Waals surface area contributed by atoms with Gasteiger partial charge >= 0.3 is 0 Å². The Morgan fingerprint density at radius 2 is 1.95 bits per heavy atom. The van der Waals surface area contributed by atoms with E-state index in [2.05, 4.69) is 0 Å². The molecule has 1 aliphatic rings. The van der Waals surface area contributed by atoms with E-state index in [1.165, 1.54) is 23.5 Å². The maximum Gasteiger partial charge on any atom is 0.289 e. The first kappa shape index (κ1) is 28.2. The smallest absolute Gasteiger partial charge is 0.289 e. The third-order valence-electron chi connectivity index (χ3n) is 6.37. The Hall–Kier alpha value is -2.83. The first-order chi connectivity index (χ1) is 18.1. The van der Waals surface area contributed by atoms with E-state index in [9.17, 15) is 23.3 Å². The molecule has 202 valence electrons. The highest BCUT2D eigenvalue weighted by molar-refractivity contribution is 7.89. The summed E-state index contributed by atoms with van der Waals surface area (Å²) in [5.74, 6) is -0.383. The minimum absolute atomic E-state index is 0.0400. The van der Waals surface area contributed by atoms with Gasteiger partial charge in [-0.25, -0.2) is 8.42 Å². The lowest BCUT2D eigenvalue weighted by Crippen LogP contribution is -2.45. The minimum Gasteiger partial charge on any atom is -0.377 e. The average Bonchev–Trinajstić information content (AvgIpc) is 3.55. The number of hydrogen-bond acceptors (Lipinski definition) is 7. The summed E-state index contributed by atoms with van der Waals surface area (Å²) in [5.41, 5.74) is 1.45. The minimum atomic E-state index is -4.29. The lowest BCUT2D eigenvalue weighted by molar-refractivity contribution is -0.384. The topological polar surface area (TPSA) is 110 Å². The molecule has 3 aromatic rings. The van der Waals surface area contributed by atoms with Gasteiger partial charge in [0.2, 0.25) is 15.9 Å². The Balaban J connectivity index is 1.65. The van der Waals surface area contributed by atoms with Crippen LogP contribution in [0.1, 0.15) is 28.8 Å². The van der Waals surface area contributed by atoms with Crippen molar-refractivity contribution in [1.29, 1.82) is 0 Å². The number of rotatable bonds is 11. The molecule has 1 unspecified atom stereocenters. The molecular formula is C26H28ClN3O6S2. The number of aryl methyl sites for hydroxylation is 1. The van der Waals surface area contributed by atoms with Crippen LogP contribution in [0.15, 0.2) is 64.9 Å². The fraction of sp³-hybridized carbons (Fsp3) is 0.346. The predicted octanol–water partition coefficient (Wildman–Crippen LogP) is 5.02. The van der Waals surface area contributed by atoms with E-state index in [0.717, 1.165) is 32.8 Å². The molecule has 1 saturated heterocycles. The van der Waals surface area contributed by atoms with Crippen LogP contribution in [0.2, 0.25) is 5.02 Å². The van der Waals surface area contributed by atoms with Crippen LogP contribution in [0.5, 0.6) is 0 Å². The Morgan fingerprint density at radius 3 is 2.58 bits per heavy atom. The third-order valence-corrected chi connectivity index (χ3v) is 9.50. The number of hydrogen-bond donors (Lipinski definition) is 0. The second-order valence-corrected chi connectivity index (χ2v) is 12.4. The fourth-order valence-electron chi connectivity index (χ4n) is 4.23. The molecule has 0 spiro atoms. The summed E-state index contributed by atoms with van der Waals surface area (Å²) in [5, 5.41) is 13.2. The second-order valence-electron chi connectivity index (χ2n) is 9.07. The monoisotopic (exact) mass is 577 g/mol. The number of amides is 1. The van der Waals surface area contributed by atoms with Crippen molar-refractivity contribution in [3.05, 3.63) is 91.1 Å². The van der Waals surface area contributed by atoms with Gasteiger partial charge in [0.05, 0.1) is 29.0 Å². The van der Waals surface area contributed by atoms with Gasteiger partial charge in [-0.2, -0.15) is 4.31 Å². The number of carbonyl (C=O) groups excluding carboxylic acids is 1. The largest absolute Gasteiger partial charge is 0.377 e. The molecule has 0 N–H and O–H groups in total. The maximum absolute atomic E-state index is 13.7. The van der Waals surface area contributed by atoms with Gasteiger partial charge in [-0.3, -0.25) is 14.9 Å². The normalized spacial score (nSPS) is 15.6. The number of thiophene rings is 1. The summed E-state index contributed by atoms with van der Waals surface area (Å²) in [6.07, 6.45) is 1.07. The number of halogens is 1. The molecule has 0 saturated carbocycles. The zero-order valence-corrected chi connectivity index (χ0v) is 23.2. The molecular weight excluding hydrogens is 550 g/mol. The molecule has 0 bridgehead atoms. The van der Waals surface area contributed by atoms with Gasteiger partial charge in [0, 0.05) is 30.6 Å². The van der Waals surface area contributed by atoms with E-state index in [0.29, 0.717) is 26.1 Å². The molecule has 0 aliphatic carbocycles. The Bertz CT molecular complexity index is 1390. The van der Waals surface area contributed by atoms with Gasteiger partial charge in [-0.1, -0.05) is 41.9 Å². The highest BCUT2D eigenvalue weighted by Crippen LogP contribution is 2.29. The molecule has 4 rings (SSSR count). The first-order valence-electron chi connectivity index (χ1n) is 12.1. The third kappa shape index (κ3) is 6.78. The van der Waals surface area contributed by atoms with Crippen molar-refractivity contribution in [2.24, 2.45) is 0 Å². The summed E-state index contributed by atoms with van der Waals surface area (Å²) in [4.78, 5) is 26.7. The van der Waals surface area contributed by atoms with E-state index in [1.54, 1.807) is 4.90 Å². The molecule has 1 aromatic heterocycles. The summed E-state index contributed by atoms with van der Waals surface area (Å²) in [6.45, 7) is 2.64. The molecule has 1 aliphatic heterocycles. The quantitative estimate of drug-likeness (QED) is 0.234. The van der Waals surface area contributed by atoms with E-state index in [1.807, 2.05) is 48.7 Å². The number of nitro benzene ring substituents is 1. The zero-order valence-electron chi connectivity index (χ0n) is 20.8. The Labute approximate surface area is 230 Å². The van der Waals surface area contributed by atoms with Crippen LogP contribution >= 0.6 is 22.9 Å².